The van der Waals surface area contributed by atoms with E-state index >= 15 is 0 Å². The predicted octanol–water partition coefficient (Wildman–Crippen LogP) is 2.41. The molecule has 1 aliphatic carbocycles. The Kier molecular flexibility index (Phi) is 5.94. The first-order valence-electron chi connectivity index (χ1n) is 13.1. The Morgan fingerprint density at radius 1 is 1.05 bits per heavy atom. The summed E-state index contributed by atoms with van der Waals surface area (Å²) in [5.74, 6) is -2.50. The molecule has 3 N–H and O–H groups in total. The zero-order valence-corrected chi connectivity index (χ0v) is 21.5. The van der Waals surface area contributed by atoms with Gasteiger partial charge in [-0.15, -0.1) is 0 Å². The first-order chi connectivity index (χ1) is 18.6. The van der Waals surface area contributed by atoms with Gasteiger partial charge < -0.3 is 20.4 Å². The molecule has 3 saturated heterocycles. The number of hydrogen-bond acceptors (Lipinski definition) is 5. The second-order valence-electron chi connectivity index (χ2n) is 11.0. The number of benzene rings is 2. The largest absolute Gasteiger partial charge is 0.325 e. The Bertz CT molecular complexity index is 1390. The lowest BCUT2D eigenvalue weighted by atomic mass is 9.81. The first-order valence-corrected chi connectivity index (χ1v) is 13.1. The summed E-state index contributed by atoms with van der Waals surface area (Å²) in [6.07, 6.45) is 3.17. The number of imide groups is 1. The van der Waals surface area contributed by atoms with E-state index in [0.29, 0.717) is 49.9 Å². The quantitative estimate of drug-likeness (QED) is 0.519. The van der Waals surface area contributed by atoms with Crippen LogP contribution >= 0.6 is 0 Å². The van der Waals surface area contributed by atoms with Crippen LogP contribution in [0.15, 0.2) is 36.4 Å². The number of piperidine rings is 1. The molecule has 0 saturated carbocycles. The lowest BCUT2D eigenvalue weighted by molar-refractivity contribution is -0.147. The molecule has 9 nitrogen and oxygen atoms in total. The molecule has 2 spiro atoms. The SMILES string of the molecule is CN1C(=O)NC(=O)C12Cc1ccc(NC(=O)CN3C(=O)C4(CCCN4)CCC3c3cc(F)cc(F)c3)cc1C2. The number of rotatable bonds is 4. The van der Waals surface area contributed by atoms with Gasteiger partial charge in [-0.2, -0.15) is 0 Å². The molecule has 0 aromatic heterocycles. The fourth-order valence-electron chi connectivity index (χ4n) is 6.69. The van der Waals surface area contributed by atoms with Gasteiger partial charge in [0.1, 0.15) is 23.7 Å². The van der Waals surface area contributed by atoms with E-state index in [1.54, 1.807) is 19.2 Å². The maximum Gasteiger partial charge on any atom is 0.324 e. The molecule has 2 aromatic rings. The summed E-state index contributed by atoms with van der Waals surface area (Å²) >= 11 is 0. The molecular formula is C28H29F2N5O4. The number of carbonyl (C=O) groups is 4. The van der Waals surface area contributed by atoms with E-state index in [2.05, 4.69) is 16.0 Å². The van der Waals surface area contributed by atoms with Crippen molar-refractivity contribution >= 4 is 29.4 Å². The summed E-state index contributed by atoms with van der Waals surface area (Å²) in [5.41, 5.74) is 0.834. The summed E-state index contributed by atoms with van der Waals surface area (Å²) in [7, 11) is 1.59. The topological polar surface area (TPSA) is 111 Å². The fraction of sp³-hybridized carbons (Fsp3) is 0.429. The van der Waals surface area contributed by atoms with Crippen LogP contribution < -0.4 is 16.0 Å². The third kappa shape index (κ3) is 4.15. The molecule has 3 heterocycles. The molecule has 0 radical (unpaired) electrons. The highest BCUT2D eigenvalue weighted by atomic mass is 19.1. The van der Waals surface area contributed by atoms with Gasteiger partial charge in [-0.25, -0.2) is 13.6 Å². The van der Waals surface area contributed by atoms with E-state index in [1.807, 2.05) is 6.07 Å². The Morgan fingerprint density at radius 2 is 1.79 bits per heavy atom. The molecule has 6 rings (SSSR count). The number of fused-ring (bicyclic) bond motifs is 1. The smallest absolute Gasteiger partial charge is 0.324 e. The molecule has 3 atom stereocenters. The molecule has 3 aliphatic heterocycles. The number of carbonyl (C=O) groups excluding carboxylic acids is 4. The van der Waals surface area contributed by atoms with Crippen molar-refractivity contribution in [1.82, 2.24) is 20.4 Å². The van der Waals surface area contributed by atoms with Gasteiger partial charge in [-0.3, -0.25) is 19.7 Å². The third-order valence-electron chi connectivity index (χ3n) is 8.76. The molecule has 2 aromatic carbocycles. The minimum Gasteiger partial charge on any atom is -0.325 e. The average Bonchev–Trinajstić information content (AvgIpc) is 3.56. The summed E-state index contributed by atoms with van der Waals surface area (Å²) < 4.78 is 28.1. The summed E-state index contributed by atoms with van der Waals surface area (Å²) in [6.45, 7) is 0.409. The summed E-state index contributed by atoms with van der Waals surface area (Å²) in [5, 5.41) is 8.51. The molecule has 4 aliphatic rings. The van der Waals surface area contributed by atoms with Gasteiger partial charge in [0.2, 0.25) is 11.8 Å². The van der Waals surface area contributed by atoms with Crippen LogP contribution in [0.25, 0.3) is 0 Å². The minimum atomic E-state index is -0.974. The van der Waals surface area contributed by atoms with Crippen molar-refractivity contribution in [3.8, 4) is 0 Å². The summed E-state index contributed by atoms with van der Waals surface area (Å²) in [4.78, 5) is 54.4. The number of halogens is 2. The molecular weight excluding hydrogens is 508 g/mol. The second-order valence-corrected chi connectivity index (χ2v) is 11.0. The minimum absolute atomic E-state index is 0.244. The van der Waals surface area contributed by atoms with Crippen LogP contribution in [0, 0.1) is 11.6 Å². The number of urea groups is 1. The molecule has 0 bridgehead atoms. The van der Waals surface area contributed by atoms with Crippen LogP contribution in [0.2, 0.25) is 0 Å². The van der Waals surface area contributed by atoms with Crippen molar-refractivity contribution in [2.75, 3.05) is 25.5 Å². The van der Waals surface area contributed by atoms with E-state index in [1.165, 1.54) is 21.9 Å². The van der Waals surface area contributed by atoms with Gasteiger partial charge in [0.25, 0.3) is 5.91 Å². The Labute approximate surface area is 223 Å². The Morgan fingerprint density at radius 3 is 2.46 bits per heavy atom. The number of anilines is 1. The van der Waals surface area contributed by atoms with Crippen LogP contribution in [-0.4, -0.2) is 64.8 Å². The van der Waals surface area contributed by atoms with E-state index in [0.717, 1.165) is 23.6 Å². The standard InChI is InChI=1S/C28H29F2N5O4/c1-34-26(39)33-24(37)28(34)13-16-3-4-21(11-18(16)14-28)32-23(36)15-35-22(17-9-19(29)12-20(30)10-17)5-7-27(25(35)38)6-2-8-31-27/h3-4,9-12,22,31H,2,5-8,13-15H2,1H3,(H,32,36)(H,33,37,39). The van der Waals surface area contributed by atoms with E-state index in [4.69, 9.17) is 0 Å². The van der Waals surface area contributed by atoms with Crippen molar-refractivity contribution in [2.45, 2.75) is 55.6 Å². The molecule has 204 valence electrons. The third-order valence-corrected chi connectivity index (χ3v) is 8.76. The lowest BCUT2D eigenvalue weighted by Gasteiger charge is -2.44. The van der Waals surface area contributed by atoms with Gasteiger partial charge in [-0.1, -0.05) is 6.07 Å². The van der Waals surface area contributed by atoms with Gasteiger partial charge in [0.15, 0.2) is 0 Å². The van der Waals surface area contributed by atoms with Crippen LogP contribution in [0.4, 0.5) is 19.3 Å². The van der Waals surface area contributed by atoms with E-state index in [-0.39, 0.29) is 18.4 Å². The van der Waals surface area contributed by atoms with Crippen molar-refractivity contribution in [3.05, 3.63) is 64.7 Å². The molecule has 3 unspecified atom stereocenters. The van der Waals surface area contributed by atoms with Gasteiger partial charge >= 0.3 is 6.03 Å². The Hall–Kier alpha value is -3.86. The zero-order valence-electron chi connectivity index (χ0n) is 21.5. The van der Waals surface area contributed by atoms with Crippen LogP contribution in [0.5, 0.6) is 0 Å². The number of hydrogen-bond donors (Lipinski definition) is 3. The van der Waals surface area contributed by atoms with E-state index < -0.39 is 40.7 Å². The van der Waals surface area contributed by atoms with Gasteiger partial charge in [0, 0.05) is 31.6 Å². The molecule has 5 amide bonds. The number of likely N-dealkylation sites (tertiary alicyclic amines) is 1. The molecule has 39 heavy (non-hydrogen) atoms. The van der Waals surface area contributed by atoms with Crippen molar-refractivity contribution < 1.29 is 28.0 Å². The highest BCUT2D eigenvalue weighted by molar-refractivity contribution is 6.07. The van der Waals surface area contributed by atoms with Gasteiger partial charge in [-0.05, 0) is 73.2 Å². The fourth-order valence-corrected chi connectivity index (χ4v) is 6.69. The van der Waals surface area contributed by atoms with Crippen molar-refractivity contribution in [2.24, 2.45) is 0 Å². The van der Waals surface area contributed by atoms with Crippen LogP contribution in [0.3, 0.4) is 0 Å². The molecule has 11 heteroatoms. The monoisotopic (exact) mass is 537 g/mol. The number of nitrogens with one attached hydrogen (secondary N) is 3. The number of amides is 5. The molecule has 3 fully saturated rings. The van der Waals surface area contributed by atoms with Crippen LogP contribution in [-0.2, 0) is 27.2 Å². The zero-order chi connectivity index (χ0) is 27.5. The maximum atomic E-state index is 14.1. The lowest BCUT2D eigenvalue weighted by Crippen LogP contribution is -2.60. The second kappa shape index (κ2) is 9.11. The van der Waals surface area contributed by atoms with Gasteiger partial charge in [0.05, 0.1) is 11.6 Å². The van der Waals surface area contributed by atoms with E-state index in [9.17, 15) is 28.0 Å². The Balaban J connectivity index is 1.22. The highest BCUT2D eigenvalue weighted by Gasteiger charge is 2.54. The normalized spacial score (nSPS) is 28.0. The predicted molar refractivity (Wildman–Crippen MR) is 137 cm³/mol. The highest BCUT2D eigenvalue weighted by Crippen LogP contribution is 2.41. The maximum absolute atomic E-state index is 14.1. The van der Waals surface area contributed by atoms with Crippen molar-refractivity contribution in [1.29, 1.82) is 0 Å². The average molecular weight is 538 g/mol. The summed E-state index contributed by atoms with van der Waals surface area (Å²) in [6, 6.07) is 7.46. The van der Waals surface area contributed by atoms with Crippen LogP contribution in [0.1, 0.15) is 48.4 Å². The first kappa shape index (κ1) is 25.4. The van der Waals surface area contributed by atoms with Crippen molar-refractivity contribution in [3.63, 3.8) is 0 Å². The number of nitrogens with zero attached hydrogens (tertiary/aromatic N) is 2. The number of likely N-dealkylation sites (N-methyl/N-ethyl adjacent to an activating group) is 1.